The first kappa shape index (κ1) is 18.3. The zero-order valence-corrected chi connectivity index (χ0v) is 18.2. The number of pyridine rings is 1. The highest BCUT2D eigenvalue weighted by Gasteiger charge is 2.41. The largest absolute Gasteiger partial charge is 0.480 e. The van der Waals surface area contributed by atoms with Crippen LogP contribution in [0.3, 0.4) is 0 Å². The van der Waals surface area contributed by atoms with E-state index in [9.17, 15) is 0 Å². The molecule has 31 heavy (non-hydrogen) atoms. The number of aromatic nitrogens is 4. The molecule has 0 spiro atoms. The van der Waals surface area contributed by atoms with Gasteiger partial charge < -0.3 is 10.1 Å². The number of nitrogens with one attached hydrogen (secondary N) is 1. The highest BCUT2D eigenvalue weighted by atomic mass is 79.9. The molecule has 6 nitrogen and oxygen atoms in total. The normalized spacial score (nSPS) is 19.0. The zero-order chi connectivity index (χ0) is 20.9. The Morgan fingerprint density at radius 1 is 1.06 bits per heavy atom. The molecule has 2 aromatic heterocycles. The Hall–Kier alpha value is -3.45. The van der Waals surface area contributed by atoms with Crippen LogP contribution in [0.4, 0.5) is 5.95 Å². The molecule has 0 bridgehead atoms. The number of aryl methyl sites for hydroxylation is 1. The number of benzene rings is 2. The van der Waals surface area contributed by atoms with Gasteiger partial charge in [0.15, 0.2) is 0 Å². The number of halogens is 1. The van der Waals surface area contributed by atoms with Crippen molar-refractivity contribution in [1.29, 1.82) is 0 Å². The van der Waals surface area contributed by atoms with Crippen molar-refractivity contribution in [2.75, 3.05) is 5.32 Å². The summed E-state index contributed by atoms with van der Waals surface area (Å²) in [6.07, 6.45) is 4.96. The summed E-state index contributed by atoms with van der Waals surface area (Å²) in [5, 5.41) is 8.07. The topological polar surface area (TPSA) is 64.9 Å². The molecule has 0 amide bonds. The smallest absolute Gasteiger partial charge is 0.226 e. The molecule has 0 aliphatic carbocycles. The number of hydrogen-bond donors (Lipinski definition) is 1. The summed E-state index contributed by atoms with van der Waals surface area (Å²) < 4.78 is 9.57. The Labute approximate surface area is 187 Å². The van der Waals surface area contributed by atoms with Gasteiger partial charge in [-0.3, -0.25) is 4.98 Å². The van der Waals surface area contributed by atoms with E-state index < -0.39 is 0 Å². The number of ether oxygens (including phenoxy) is 1. The van der Waals surface area contributed by atoms with Crippen LogP contribution in [0.5, 0.6) is 5.75 Å². The number of hydrogen-bond acceptors (Lipinski definition) is 5. The molecule has 0 unspecified atom stereocenters. The lowest BCUT2D eigenvalue weighted by Gasteiger charge is -2.39. The summed E-state index contributed by atoms with van der Waals surface area (Å²) in [4.78, 5) is 8.84. The Bertz CT molecular complexity index is 1310. The van der Waals surface area contributed by atoms with Crippen molar-refractivity contribution in [1.82, 2.24) is 19.7 Å². The Morgan fingerprint density at radius 2 is 1.94 bits per heavy atom. The van der Waals surface area contributed by atoms with Gasteiger partial charge in [0.25, 0.3) is 0 Å². The van der Waals surface area contributed by atoms with Gasteiger partial charge >= 0.3 is 0 Å². The molecule has 1 N–H and O–H groups in total. The van der Waals surface area contributed by atoms with E-state index in [2.05, 4.69) is 73.6 Å². The first-order chi connectivity index (χ1) is 15.2. The molecule has 6 rings (SSSR count). The van der Waals surface area contributed by atoms with Crippen molar-refractivity contribution in [2.24, 2.45) is 0 Å². The fraction of sp³-hybridized carbons (Fsp3) is 0.125. The third-order valence-electron chi connectivity index (χ3n) is 5.74. The molecular formula is C24H18BrN5O. The number of fused-ring (bicyclic) bond motifs is 3. The van der Waals surface area contributed by atoms with E-state index in [0.29, 0.717) is 5.95 Å². The summed E-state index contributed by atoms with van der Waals surface area (Å²) in [5.74, 6) is 1.55. The molecule has 2 atom stereocenters. The van der Waals surface area contributed by atoms with Gasteiger partial charge in [0, 0.05) is 28.0 Å². The maximum absolute atomic E-state index is 6.63. The minimum absolute atomic E-state index is 0.190. The van der Waals surface area contributed by atoms with Crippen LogP contribution in [0.15, 0.2) is 83.4 Å². The van der Waals surface area contributed by atoms with Crippen LogP contribution in [0.1, 0.15) is 34.4 Å². The lowest BCUT2D eigenvalue weighted by Crippen LogP contribution is -2.32. The van der Waals surface area contributed by atoms with Crippen LogP contribution in [0.2, 0.25) is 0 Å². The van der Waals surface area contributed by atoms with Gasteiger partial charge in [-0.1, -0.05) is 45.8 Å². The molecule has 7 heteroatoms. The summed E-state index contributed by atoms with van der Waals surface area (Å²) >= 11 is 3.54. The molecule has 152 valence electrons. The lowest BCUT2D eigenvalue weighted by molar-refractivity contribution is 0.223. The van der Waals surface area contributed by atoms with E-state index in [-0.39, 0.29) is 12.1 Å². The third kappa shape index (κ3) is 2.96. The van der Waals surface area contributed by atoms with Crippen molar-refractivity contribution >= 4 is 27.6 Å². The van der Waals surface area contributed by atoms with Crippen molar-refractivity contribution < 1.29 is 4.74 Å². The molecule has 0 radical (unpaired) electrons. The van der Waals surface area contributed by atoms with E-state index in [1.54, 1.807) is 12.5 Å². The second-order valence-electron chi connectivity index (χ2n) is 7.72. The van der Waals surface area contributed by atoms with E-state index in [1.165, 1.54) is 5.56 Å². The monoisotopic (exact) mass is 471 g/mol. The first-order valence-corrected chi connectivity index (χ1v) is 10.8. The summed E-state index contributed by atoms with van der Waals surface area (Å²) in [6.45, 7) is 2.09. The number of nitrogens with zero attached hydrogens (tertiary/aromatic N) is 4. The Kier molecular flexibility index (Phi) is 4.17. The second-order valence-corrected chi connectivity index (χ2v) is 8.64. The third-order valence-corrected chi connectivity index (χ3v) is 6.27. The molecule has 0 saturated heterocycles. The van der Waals surface area contributed by atoms with Crippen LogP contribution >= 0.6 is 15.9 Å². The van der Waals surface area contributed by atoms with E-state index >= 15 is 0 Å². The van der Waals surface area contributed by atoms with Crippen LogP contribution in [-0.2, 0) is 0 Å². The average molecular weight is 472 g/mol. The van der Waals surface area contributed by atoms with Gasteiger partial charge in [-0.15, -0.1) is 0 Å². The van der Waals surface area contributed by atoms with Gasteiger partial charge in [0.05, 0.1) is 5.70 Å². The van der Waals surface area contributed by atoms with Crippen LogP contribution in [0.25, 0.3) is 5.70 Å². The Morgan fingerprint density at radius 3 is 2.74 bits per heavy atom. The summed E-state index contributed by atoms with van der Waals surface area (Å²) in [5.41, 5.74) is 6.42. The number of anilines is 1. The van der Waals surface area contributed by atoms with E-state index in [1.807, 2.05) is 35.1 Å². The molecule has 2 aliphatic rings. The van der Waals surface area contributed by atoms with Gasteiger partial charge in [0.2, 0.25) is 5.95 Å². The maximum Gasteiger partial charge on any atom is 0.226 e. The van der Waals surface area contributed by atoms with Crippen LogP contribution in [-0.4, -0.2) is 19.7 Å². The van der Waals surface area contributed by atoms with Crippen molar-refractivity contribution in [2.45, 2.75) is 19.1 Å². The predicted octanol–water partition coefficient (Wildman–Crippen LogP) is 5.30. The van der Waals surface area contributed by atoms with E-state index in [4.69, 9.17) is 4.74 Å². The average Bonchev–Trinajstić information content (AvgIpc) is 3.27. The van der Waals surface area contributed by atoms with Gasteiger partial charge in [-0.2, -0.15) is 10.1 Å². The van der Waals surface area contributed by atoms with Crippen molar-refractivity contribution in [3.05, 3.63) is 106 Å². The quantitative estimate of drug-likeness (QED) is 0.429. The van der Waals surface area contributed by atoms with E-state index in [0.717, 1.165) is 38.2 Å². The summed E-state index contributed by atoms with van der Waals surface area (Å²) in [7, 11) is 0. The maximum atomic E-state index is 6.63. The lowest BCUT2D eigenvalue weighted by atomic mass is 9.85. The first-order valence-electron chi connectivity index (χ1n) is 10.0. The highest BCUT2D eigenvalue weighted by molar-refractivity contribution is 9.10. The molecular weight excluding hydrogens is 454 g/mol. The molecule has 0 saturated carbocycles. The van der Waals surface area contributed by atoms with Crippen LogP contribution < -0.4 is 10.1 Å². The summed E-state index contributed by atoms with van der Waals surface area (Å²) in [6, 6.07) is 18.4. The minimum atomic E-state index is -0.284. The van der Waals surface area contributed by atoms with Crippen molar-refractivity contribution in [3.8, 4) is 5.75 Å². The minimum Gasteiger partial charge on any atom is -0.480 e. The number of rotatable bonds is 2. The SMILES string of the molecule is Cc1ccc2c(c1)C1=C([C@H](c3ccc(Br)cc3)O2)[C@H](c2cccnc2)n2ncnc2N1. The van der Waals surface area contributed by atoms with Crippen molar-refractivity contribution in [3.63, 3.8) is 0 Å². The zero-order valence-electron chi connectivity index (χ0n) is 16.7. The molecule has 2 aliphatic heterocycles. The molecule has 4 heterocycles. The van der Waals surface area contributed by atoms with Gasteiger partial charge in [0.1, 0.15) is 24.2 Å². The van der Waals surface area contributed by atoms with Gasteiger partial charge in [-0.05, 0) is 48.4 Å². The van der Waals surface area contributed by atoms with Gasteiger partial charge in [-0.25, -0.2) is 4.68 Å². The molecule has 4 aromatic rings. The second kappa shape index (κ2) is 7.06. The predicted molar refractivity (Wildman–Crippen MR) is 122 cm³/mol. The molecule has 0 fully saturated rings. The van der Waals surface area contributed by atoms with Crippen LogP contribution in [0, 0.1) is 6.92 Å². The highest BCUT2D eigenvalue weighted by Crippen LogP contribution is 2.50. The fourth-order valence-electron chi connectivity index (χ4n) is 4.35. The fourth-order valence-corrected chi connectivity index (χ4v) is 4.62. The Balaban J connectivity index is 1.64. The standard InChI is InChI=1S/C24H18BrN5O/c1-14-4-9-19-18(11-14)21-20(23(31-19)15-5-7-17(25)8-6-15)22(16-3-2-10-26-12-16)30-24(29-21)27-13-28-30/h2-13,22-23H,1H3,(H,27,28,29)/t22-,23-/m0/s1. The molecule has 2 aromatic carbocycles.